The monoisotopic (exact) mass is 224 g/mol. The van der Waals surface area contributed by atoms with Crippen LogP contribution in [0.3, 0.4) is 0 Å². The molecule has 16 heavy (non-hydrogen) atoms. The Morgan fingerprint density at radius 2 is 2.19 bits per heavy atom. The van der Waals surface area contributed by atoms with E-state index in [9.17, 15) is 0 Å². The van der Waals surface area contributed by atoms with Gasteiger partial charge in [-0.05, 0) is 50.6 Å². The van der Waals surface area contributed by atoms with Crippen molar-refractivity contribution in [2.24, 2.45) is 11.3 Å². The first-order valence-electron chi connectivity index (χ1n) is 7.13. The molecule has 1 saturated carbocycles. The molecule has 2 rings (SSSR count). The maximum Gasteiger partial charge on any atom is 0.00477 e. The summed E-state index contributed by atoms with van der Waals surface area (Å²) in [6.45, 7) is 7.45. The predicted molar refractivity (Wildman–Crippen MR) is 69.7 cm³/mol. The van der Waals surface area contributed by atoms with E-state index in [2.05, 4.69) is 24.2 Å². The van der Waals surface area contributed by atoms with E-state index in [1.165, 1.54) is 64.7 Å². The fourth-order valence-electron chi connectivity index (χ4n) is 3.51. The summed E-state index contributed by atoms with van der Waals surface area (Å²) in [7, 11) is 2.33. The first kappa shape index (κ1) is 12.4. The van der Waals surface area contributed by atoms with Crippen LogP contribution in [0.5, 0.6) is 0 Å². The molecule has 1 unspecified atom stereocenters. The van der Waals surface area contributed by atoms with Gasteiger partial charge in [-0.1, -0.05) is 19.8 Å². The lowest BCUT2D eigenvalue weighted by atomic mass is 9.81. The second-order valence-corrected chi connectivity index (χ2v) is 6.17. The van der Waals surface area contributed by atoms with E-state index >= 15 is 0 Å². The van der Waals surface area contributed by atoms with Crippen LogP contribution in [0, 0.1) is 11.3 Å². The lowest BCUT2D eigenvalue weighted by Crippen LogP contribution is -2.40. The van der Waals surface area contributed by atoms with Gasteiger partial charge in [-0.2, -0.15) is 0 Å². The van der Waals surface area contributed by atoms with Gasteiger partial charge in [-0.25, -0.2) is 0 Å². The second-order valence-electron chi connectivity index (χ2n) is 6.17. The zero-order valence-electron chi connectivity index (χ0n) is 11.1. The molecule has 0 amide bonds. The summed E-state index contributed by atoms with van der Waals surface area (Å²) in [5.74, 6) is 1.01. The molecule has 0 radical (unpaired) electrons. The molecule has 1 aliphatic heterocycles. The van der Waals surface area contributed by atoms with Gasteiger partial charge in [0.05, 0.1) is 0 Å². The quantitative estimate of drug-likeness (QED) is 0.746. The van der Waals surface area contributed by atoms with Gasteiger partial charge in [0, 0.05) is 19.6 Å². The molecule has 2 aliphatic rings. The molecular formula is C14H28N2. The van der Waals surface area contributed by atoms with Gasteiger partial charge in [0.1, 0.15) is 0 Å². The Bertz CT molecular complexity index is 205. The number of hydrogen-bond acceptors (Lipinski definition) is 2. The van der Waals surface area contributed by atoms with Crippen molar-refractivity contribution < 1.29 is 0 Å². The lowest BCUT2D eigenvalue weighted by Gasteiger charge is -2.36. The standard InChI is InChI=1S/C14H28N2/c1-3-7-14(8-9-15-11-14)12-16(2)10-13-5-4-6-13/h13,15H,3-12H2,1-2H3. The summed E-state index contributed by atoms with van der Waals surface area (Å²) >= 11 is 0. The highest BCUT2D eigenvalue weighted by Gasteiger charge is 2.34. The highest BCUT2D eigenvalue weighted by atomic mass is 15.1. The molecule has 1 aliphatic carbocycles. The van der Waals surface area contributed by atoms with E-state index in [-0.39, 0.29) is 0 Å². The normalized spacial score (nSPS) is 30.9. The zero-order chi connectivity index (χ0) is 11.4. The summed E-state index contributed by atoms with van der Waals surface area (Å²) in [5.41, 5.74) is 0.591. The van der Waals surface area contributed by atoms with Crippen molar-refractivity contribution in [1.82, 2.24) is 10.2 Å². The molecule has 94 valence electrons. The summed E-state index contributed by atoms with van der Waals surface area (Å²) in [5, 5.41) is 3.56. The van der Waals surface area contributed by atoms with Crippen molar-refractivity contribution in [2.75, 3.05) is 33.2 Å². The summed E-state index contributed by atoms with van der Waals surface area (Å²) in [4.78, 5) is 2.60. The Morgan fingerprint density at radius 1 is 1.38 bits per heavy atom. The molecule has 1 atom stereocenters. The van der Waals surface area contributed by atoms with E-state index in [0.717, 1.165) is 5.92 Å². The number of hydrogen-bond donors (Lipinski definition) is 1. The third-order valence-corrected chi connectivity index (χ3v) is 4.51. The van der Waals surface area contributed by atoms with Crippen molar-refractivity contribution in [2.45, 2.75) is 45.4 Å². The van der Waals surface area contributed by atoms with Gasteiger partial charge >= 0.3 is 0 Å². The Morgan fingerprint density at radius 3 is 2.69 bits per heavy atom. The van der Waals surface area contributed by atoms with Crippen molar-refractivity contribution in [3.8, 4) is 0 Å². The smallest absolute Gasteiger partial charge is 0.00477 e. The minimum Gasteiger partial charge on any atom is -0.316 e. The first-order chi connectivity index (χ1) is 7.74. The van der Waals surface area contributed by atoms with Crippen molar-refractivity contribution in [1.29, 1.82) is 0 Å². The summed E-state index contributed by atoms with van der Waals surface area (Å²) in [6.07, 6.45) is 8.54. The Hall–Kier alpha value is -0.0800. The first-order valence-corrected chi connectivity index (χ1v) is 7.13. The molecule has 1 saturated heterocycles. The average Bonchev–Trinajstić information content (AvgIpc) is 2.61. The third kappa shape index (κ3) is 2.98. The van der Waals surface area contributed by atoms with Gasteiger partial charge in [0.25, 0.3) is 0 Å². The van der Waals surface area contributed by atoms with Gasteiger partial charge < -0.3 is 10.2 Å². The van der Waals surface area contributed by atoms with E-state index in [4.69, 9.17) is 0 Å². The van der Waals surface area contributed by atoms with Crippen molar-refractivity contribution >= 4 is 0 Å². The van der Waals surface area contributed by atoms with Gasteiger partial charge in [-0.15, -0.1) is 0 Å². The van der Waals surface area contributed by atoms with Crippen molar-refractivity contribution in [3.63, 3.8) is 0 Å². The number of nitrogens with one attached hydrogen (secondary N) is 1. The maximum absolute atomic E-state index is 3.56. The van der Waals surface area contributed by atoms with Crippen LogP contribution < -0.4 is 5.32 Å². The molecule has 1 heterocycles. The van der Waals surface area contributed by atoms with Crippen LogP contribution in [0.1, 0.15) is 45.4 Å². The minimum atomic E-state index is 0.591. The van der Waals surface area contributed by atoms with Crippen LogP contribution >= 0.6 is 0 Å². The van der Waals surface area contributed by atoms with Crippen LogP contribution in [-0.2, 0) is 0 Å². The minimum absolute atomic E-state index is 0.591. The fraction of sp³-hybridized carbons (Fsp3) is 1.00. The molecule has 0 aromatic heterocycles. The molecule has 2 fully saturated rings. The van der Waals surface area contributed by atoms with Gasteiger partial charge in [0.15, 0.2) is 0 Å². The molecular weight excluding hydrogens is 196 g/mol. The third-order valence-electron chi connectivity index (χ3n) is 4.51. The van der Waals surface area contributed by atoms with Crippen LogP contribution in [0.25, 0.3) is 0 Å². The van der Waals surface area contributed by atoms with Crippen LogP contribution in [0.15, 0.2) is 0 Å². The summed E-state index contributed by atoms with van der Waals surface area (Å²) < 4.78 is 0. The molecule has 0 aromatic carbocycles. The molecule has 0 aromatic rings. The number of rotatable bonds is 6. The average molecular weight is 224 g/mol. The number of nitrogens with zero attached hydrogens (tertiary/aromatic N) is 1. The molecule has 0 spiro atoms. The zero-order valence-corrected chi connectivity index (χ0v) is 11.1. The Kier molecular flexibility index (Phi) is 4.26. The maximum atomic E-state index is 3.56. The van der Waals surface area contributed by atoms with Crippen LogP contribution in [0.4, 0.5) is 0 Å². The van der Waals surface area contributed by atoms with E-state index in [0.29, 0.717) is 5.41 Å². The molecule has 0 bridgehead atoms. The van der Waals surface area contributed by atoms with E-state index in [1.807, 2.05) is 0 Å². The highest BCUT2D eigenvalue weighted by molar-refractivity contribution is 4.90. The SMILES string of the molecule is CCCC1(CN(C)CC2CCC2)CCNC1. The molecule has 1 N–H and O–H groups in total. The van der Waals surface area contributed by atoms with Crippen molar-refractivity contribution in [3.05, 3.63) is 0 Å². The molecule has 2 nitrogen and oxygen atoms in total. The van der Waals surface area contributed by atoms with E-state index < -0.39 is 0 Å². The predicted octanol–water partition coefficient (Wildman–Crippen LogP) is 2.50. The Balaban J connectivity index is 1.79. The van der Waals surface area contributed by atoms with Gasteiger partial charge in [0.2, 0.25) is 0 Å². The second kappa shape index (κ2) is 5.50. The lowest BCUT2D eigenvalue weighted by molar-refractivity contribution is 0.136. The van der Waals surface area contributed by atoms with E-state index in [1.54, 1.807) is 0 Å². The van der Waals surface area contributed by atoms with Gasteiger partial charge in [-0.3, -0.25) is 0 Å². The van der Waals surface area contributed by atoms with Crippen LogP contribution in [-0.4, -0.2) is 38.1 Å². The highest BCUT2D eigenvalue weighted by Crippen LogP contribution is 2.33. The van der Waals surface area contributed by atoms with Crippen LogP contribution in [0.2, 0.25) is 0 Å². The molecule has 2 heteroatoms. The Labute approximate surface area is 101 Å². The summed E-state index contributed by atoms with van der Waals surface area (Å²) in [6, 6.07) is 0. The topological polar surface area (TPSA) is 15.3 Å². The fourth-order valence-corrected chi connectivity index (χ4v) is 3.51. The largest absolute Gasteiger partial charge is 0.316 e.